The monoisotopic (exact) mass is 319 g/mol. The van der Waals surface area contributed by atoms with Gasteiger partial charge in [-0.15, -0.1) is 0 Å². The average molecular weight is 320 g/mol. The number of nitrogen functional groups attached to an aromatic ring is 1. The van der Waals surface area contributed by atoms with Crippen molar-refractivity contribution in [1.82, 2.24) is 9.97 Å². The van der Waals surface area contributed by atoms with E-state index in [0.29, 0.717) is 24.9 Å². The summed E-state index contributed by atoms with van der Waals surface area (Å²) in [5.41, 5.74) is 10.1. The number of ether oxygens (including phenoxy) is 1. The third-order valence-electron chi connectivity index (χ3n) is 3.27. The minimum atomic E-state index is 0.515. The van der Waals surface area contributed by atoms with Crippen molar-refractivity contribution in [3.05, 3.63) is 39.5 Å². The Kier molecular flexibility index (Phi) is 3.24. The van der Waals surface area contributed by atoms with Crippen LogP contribution in [0.5, 0.6) is 0 Å². The molecule has 4 nitrogen and oxygen atoms in total. The maximum absolute atomic E-state index is 6.01. The van der Waals surface area contributed by atoms with Gasteiger partial charge in [0.2, 0.25) is 0 Å². The van der Waals surface area contributed by atoms with E-state index < -0.39 is 0 Å². The van der Waals surface area contributed by atoms with Crippen LogP contribution in [0.25, 0.3) is 11.4 Å². The van der Waals surface area contributed by atoms with Gasteiger partial charge < -0.3 is 10.5 Å². The molecule has 0 saturated heterocycles. The van der Waals surface area contributed by atoms with Gasteiger partial charge in [0, 0.05) is 22.0 Å². The minimum absolute atomic E-state index is 0.515. The fraction of sp³-hybridized carbons (Fsp3) is 0.286. The highest BCUT2D eigenvalue weighted by atomic mass is 79.9. The summed E-state index contributed by atoms with van der Waals surface area (Å²) in [6.45, 7) is 3.26. The van der Waals surface area contributed by atoms with Crippen LogP contribution in [0.2, 0.25) is 0 Å². The smallest absolute Gasteiger partial charge is 0.161 e. The fourth-order valence-electron chi connectivity index (χ4n) is 2.17. The zero-order valence-corrected chi connectivity index (χ0v) is 12.2. The number of hydrogen-bond acceptors (Lipinski definition) is 4. The van der Waals surface area contributed by atoms with Crippen molar-refractivity contribution in [2.45, 2.75) is 20.0 Å². The van der Waals surface area contributed by atoms with E-state index in [9.17, 15) is 0 Å². The van der Waals surface area contributed by atoms with Crippen molar-refractivity contribution in [3.8, 4) is 11.4 Å². The molecule has 0 radical (unpaired) electrons. The third kappa shape index (κ3) is 2.35. The molecule has 0 amide bonds. The molecule has 3 rings (SSSR count). The van der Waals surface area contributed by atoms with Gasteiger partial charge in [0.1, 0.15) is 5.82 Å². The van der Waals surface area contributed by atoms with E-state index in [1.807, 2.05) is 19.1 Å². The molecule has 0 fully saturated rings. The molecule has 19 heavy (non-hydrogen) atoms. The van der Waals surface area contributed by atoms with Gasteiger partial charge in [0.25, 0.3) is 0 Å². The normalized spacial score (nSPS) is 14.2. The van der Waals surface area contributed by atoms with E-state index in [1.165, 1.54) is 0 Å². The molecule has 2 aromatic rings. The Morgan fingerprint density at radius 2 is 2.16 bits per heavy atom. The molecule has 0 spiro atoms. The zero-order valence-electron chi connectivity index (χ0n) is 10.6. The van der Waals surface area contributed by atoms with Crippen molar-refractivity contribution >= 4 is 21.7 Å². The molecular formula is C14H14BrN3O. The van der Waals surface area contributed by atoms with Crippen LogP contribution >= 0.6 is 15.9 Å². The molecule has 1 aromatic heterocycles. The van der Waals surface area contributed by atoms with Crippen LogP contribution in [0, 0.1) is 6.92 Å². The first-order valence-electron chi connectivity index (χ1n) is 6.14. The van der Waals surface area contributed by atoms with Gasteiger partial charge in [-0.05, 0) is 24.6 Å². The van der Waals surface area contributed by atoms with E-state index >= 15 is 0 Å². The number of fused-ring (bicyclic) bond motifs is 1. The second-order valence-corrected chi connectivity index (χ2v) is 5.48. The van der Waals surface area contributed by atoms with E-state index in [-0.39, 0.29) is 0 Å². The molecule has 1 aromatic carbocycles. The Labute approximate surface area is 120 Å². The van der Waals surface area contributed by atoms with Crippen LogP contribution < -0.4 is 5.73 Å². The van der Waals surface area contributed by atoms with Crippen LogP contribution in [-0.4, -0.2) is 16.6 Å². The van der Waals surface area contributed by atoms with Crippen molar-refractivity contribution in [1.29, 1.82) is 0 Å². The highest BCUT2D eigenvalue weighted by molar-refractivity contribution is 9.10. The highest BCUT2D eigenvalue weighted by Gasteiger charge is 2.17. The molecule has 0 unspecified atom stereocenters. The summed E-state index contributed by atoms with van der Waals surface area (Å²) in [6.07, 6.45) is 0.796. The van der Waals surface area contributed by atoms with E-state index in [2.05, 4.69) is 32.0 Å². The first-order chi connectivity index (χ1) is 9.15. The van der Waals surface area contributed by atoms with E-state index in [4.69, 9.17) is 10.5 Å². The van der Waals surface area contributed by atoms with Gasteiger partial charge in [-0.3, -0.25) is 0 Å². The Balaban J connectivity index is 2.10. The summed E-state index contributed by atoms with van der Waals surface area (Å²) >= 11 is 3.49. The summed E-state index contributed by atoms with van der Waals surface area (Å²) < 4.78 is 6.47. The average Bonchev–Trinajstić information content (AvgIpc) is 2.42. The lowest BCUT2D eigenvalue weighted by molar-refractivity contribution is 0.109. The standard InChI is InChI=1S/C14H14BrN3O/c1-8-6-9(2-3-11(8)15)14-17-12-4-5-19-7-10(12)13(16)18-14/h2-3,6H,4-5,7H2,1H3,(H2,16,17,18). The number of nitrogens with two attached hydrogens (primary N) is 1. The number of aryl methyl sites for hydroxylation is 1. The van der Waals surface area contributed by atoms with Gasteiger partial charge in [0.05, 0.1) is 18.9 Å². The van der Waals surface area contributed by atoms with Crippen LogP contribution in [0.1, 0.15) is 16.8 Å². The Morgan fingerprint density at radius 1 is 1.32 bits per heavy atom. The maximum Gasteiger partial charge on any atom is 0.161 e. The Morgan fingerprint density at radius 3 is 2.95 bits per heavy atom. The summed E-state index contributed by atoms with van der Waals surface area (Å²) in [4.78, 5) is 9.03. The quantitative estimate of drug-likeness (QED) is 0.878. The number of nitrogens with zero attached hydrogens (tertiary/aromatic N) is 2. The molecule has 2 heterocycles. The van der Waals surface area contributed by atoms with E-state index in [0.717, 1.165) is 33.3 Å². The number of halogens is 1. The minimum Gasteiger partial charge on any atom is -0.383 e. The van der Waals surface area contributed by atoms with Crippen LogP contribution in [0.4, 0.5) is 5.82 Å². The van der Waals surface area contributed by atoms with Crippen LogP contribution in [0.15, 0.2) is 22.7 Å². The lowest BCUT2D eigenvalue weighted by Crippen LogP contribution is -2.16. The number of rotatable bonds is 1. The SMILES string of the molecule is Cc1cc(-c2nc(N)c3c(n2)CCOC3)ccc1Br. The molecule has 2 N–H and O–H groups in total. The Bertz CT molecular complexity index is 643. The largest absolute Gasteiger partial charge is 0.383 e. The van der Waals surface area contributed by atoms with Gasteiger partial charge in [-0.1, -0.05) is 22.0 Å². The van der Waals surface area contributed by atoms with Crippen molar-refractivity contribution < 1.29 is 4.74 Å². The summed E-state index contributed by atoms with van der Waals surface area (Å²) in [7, 11) is 0. The second-order valence-electron chi connectivity index (χ2n) is 4.62. The lowest BCUT2D eigenvalue weighted by Gasteiger charge is -2.17. The predicted molar refractivity (Wildman–Crippen MR) is 77.7 cm³/mol. The van der Waals surface area contributed by atoms with Gasteiger partial charge in [-0.2, -0.15) is 0 Å². The number of anilines is 1. The molecule has 5 heteroatoms. The number of hydrogen-bond donors (Lipinski definition) is 1. The van der Waals surface area contributed by atoms with Crippen molar-refractivity contribution in [2.24, 2.45) is 0 Å². The molecule has 1 aliphatic rings. The molecule has 1 aliphatic heterocycles. The third-order valence-corrected chi connectivity index (χ3v) is 4.16. The first kappa shape index (κ1) is 12.6. The highest BCUT2D eigenvalue weighted by Crippen LogP contribution is 2.26. The summed E-state index contributed by atoms with van der Waals surface area (Å²) in [5, 5.41) is 0. The summed E-state index contributed by atoms with van der Waals surface area (Å²) in [5.74, 6) is 1.22. The maximum atomic E-state index is 6.01. The topological polar surface area (TPSA) is 61.0 Å². The molecule has 0 bridgehead atoms. The molecule has 0 atom stereocenters. The van der Waals surface area contributed by atoms with Crippen molar-refractivity contribution in [2.75, 3.05) is 12.3 Å². The molecule has 0 saturated carbocycles. The van der Waals surface area contributed by atoms with Crippen LogP contribution in [0.3, 0.4) is 0 Å². The van der Waals surface area contributed by atoms with E-state index in [1.54, 1.807) is 0 Å². The van der Waals surface area contributed by atoms with Gasteiger partial charge in [-0.25, -0.2) is 9.97 Å². The number of aromatic nitrogens is 2. The van der Waals surface area contributed by atoms with Gasteiger partial charge >= 0.3 is 0 Å². The first-order valence-corrected chi connectivity index (χ1v) is 6.94. The zero-order chi connectivity index (χ0) is 13.4. The molecule has 98 valence electrons. The van der Waals surface area contributed by atoms with Crippen molar-refractivity contribution in [3.63, 3.8) is 0 Å². The fourth-order valence-corrected chi connectivity index (χ4v) is 2.42. The predicted octanol–water partition coefficient (Wildman–Crippen LogP) is 2.87. The number of benzene rings is 1. The molecule has 0 aliphatic carbocycles. The second kappa shape index (κ2) is 4.90. The molecular weight excluding hydrogens is 306 g/mol. The lowest BCUT2D eigenvalue weighted by atomic mass is 10.1. The van der Waals surface area contributed by atoms with Gasteiger partial charge in [0.15, 0.2) is 5.82 Å². The summed E-state index contributed by atoms with van der Waals surface area (Å²) in [6, 6.07) is 6.06. The Hall–Kier alpha value is -1.46. The van der Waals surface area contributed by atoms with Crippen LogP contribution in [-0.2, 0) is 17.8 Å².